The van der Waals surface area contributed by atoms with Crippen LogP contribution >= 0.6 is 0 Å². The number of hydrogen-bond donors (Lipinski definition) is 0. The van der Waals surface area contributed by atoms with E-state index in [1.807, 2.05) is 0 Å². The molecule has 0 radical (unpaired) electrons. The Bertz CT molecular complexity index is 120. The molecule has 1 aliphatic carbocycles. The van der Waals surface area contributed by atoms with Crippen LogP contribution in [0.25, 0.3) is 0 Å². The fraction of sp³-hybridized carbons (Fsp3) is 0.778. The molecule has 52 valence electrons. The van der Waals surface area contributed by atoms with Crippen LogP contribution in [0.1, 0.15) is 33.6 Å². The number of allylic oxidation sites excluding steroid dienone is 2. The Hall–Kier alpha value is -0.260. The lowest BCUT2D eigenvalue weighted by molar-refractivity contribution is 0.277. The summed E-state index contributed by atoms with van der Waals surface area (Å²) >= 11 is 0. The molecule has 0 heteroatoms. The van der Waals surface area contributed by atoms with Crippen LogP contribution in [0.4, 0.5) is 0 Å². The van der Waals surface area contributed by atoms with E-state index in [9.17, 15) is 0 Å². The standard InChI is InChI=1S/C9H16/c1-8-6-4-5-7-9(8,2)3/h5,7-8H,4,6H2,1-3H3. The number of hydrogen-bond acceptors (Lipinski definition) is 0. The largest absolute Gasteiger partial charge is 0.0880 e. The minimum absolute atomic E-state index is 0.457. The summed E-state index contributed by atoms with van der Waals surface area (Å²) in [5, 5.41) is 0. The molecule has 0 N–H and O–H groups in total. The van der Waals surface area contributed by atoms with Crippen molar-refractivity contribution in [2.75, 3.05) is 0 Å². The fourth-order valence-corrected chi connectivity index (χ4v) is 1.27. The van der Waals surface area contributed by atoms with Crippen LogP contribution in [0.3, 0.4) is 0 Å². The van der Waals surface area contributed by atoms with Gasteiger partial charge in [-0.15, -0.1) is 0 Å². The zero-order valence-electron chi connectivity index (χ0n) is 6.65. The molecule has 0 amide bonds. The van der Waals surface area contributed by atoms with Crippen molar-refractivity contribution in [3.05, 3.63) is 12.2 Å². The van der Waals surface area contributed by atoms with E-state index < -0.39 is 0 Å². The third kappa shape index (κ3) is 1.35. The van der Waals surface area contributed by atoms with Crippen LogP contribution in [0.15, 0.2) is 12.2 Å². The summed E-state index contributed by atoms with van der Waals surface area (Å²) in [5.74, 6) is 0.863. The molecule has 9 heavy (non-hydrogen) atoms. The van der Waals surface area contributed by atoms with Crippen LogP contribution in [0.2, 0.25) is 0 Å². The second kappa shape index (κ2) is 2.17. The molecule has 0 aliphatic heterocycles. The molecule has 0 bridgehead atoms. The Morgan fingerprint density at radius 2 is 2.11 bits per heavy atom. The van der Waals surface area contributed by atoms with Crippen molar-refractivity contribution in [2.45, 2.75) is 33.6 Å². The van der Waals surface area contributed by atoms with Crippen molar-refractivity contribution >= 4 is 0 Å². The summed E-state index contributed by atoms with van der Waals surface area (Å²) in [5.41, 5.74) is 0.457. The predicted molar refractivity (Wildman–Crippen MR) is 41.3 cm³/mol. The van der Waals surface area contributed by atoms with Gasteiger partial charge in [0.2, 0.25) is 0 Å². The van der Waals surface area contributed by atoms with Crippen LogP contribution in [-0.2, 0) is 0 Å². The maximum Gasteiger partial charge on any atom is -0.0149 e. The van der Waals surface area contributed by atoms with Crippen LogP contribution in [0, 0.1) is 11.3 Å². The Balaban J connectivity index is 2.68. The Labute approximate surface area is 58.0 Å². The zero-order chi connectivity index (χ0) is 6.91. The van der Waals surface area contributed by atoms with Gasteiger partial charge in [-0.2, -0.15) is 0 Å². The summed E-state index contributed by atoms with van der Waals surface area (Å²) in [6, 6.07) is 0. The monoisotopic (exact) mass is 124 g/mol. The molecule has 0 fully saturated rings. The van der Waals surface area contributed by atoms with Crippen molar-refractivity contribution in [1.29, 1.82) is 0 Å². The molecule has 1 rings (SSSR count). The van der Waals surface area contributed by atoms with E-state index in [0.29, 0.717) is 5.41 Å². The zero-order valence-corrected chi connectivity index (χ0v) is 6.65. The van der Waals surface area contributed by atoms with E-state index in [-0.39, 0.29) is 0 Å². The lowest BCUT2D eigenvalue weighted by Crippen LogP contribution is -2.21. The quantitative estimate of drug-likeness (QED) is 0.435. The Morgan fingerprint density at radius 1 is 1.44 bits per heavy atom. The van der Waals surface area contributed by atoms with E-state index in [1.165, 1.54) is 12.8 Å². The van der Waals surface area contributed by atoms with E-state index in [4.69, 9.17) is 0 Å². The highest BCUT2D eigenvalue weighted by molar-refractivity contribution is 5.01. The van der Waals surface area contributed by atoms with Gasteiger partial charge in [0.25, 0.3) is 0 Å². The van der Waals surface area contributed by atoms with Gasteiger partial charge >= 0.3 is 0 Å². The van der Waals surface area contributed by atoms with E-state index >= 15 is 0 Å². The maximum absolute atomic E-state index is 2.35. The molecule has 0 saturated heterocycles. The average Bonchev–Trinajstić information content (AvgIpc) is 1.77. The molecule has 0 nitrogen and oxygen atoms in total. The predicted octanol–water partition coefficient (Wildman–Crippen LogP) is 3.00. The second-order valence-corrected chi connectivity index (χ2v) is 3.70. The summed E-state index contributed by atoms with van der Waals surface area (Å²) in [6.45, 7) is 6.96. The molecule has 1 aliphatic rings. The van der Waals surface area contributed by atoms with Crippen LogP contribution in [-0.4, -0.2) is 0 Å². The minimum Gasteiger partial charge on any atom is -0.0880 e. The molecule has 0 aromatic rings. The molecule has 0 spiro atoms. The summed E-state index contributed by atoms with van der Waals surface area (Å²) in [7, 11) is 0. The molecular formula is C9H16. The molecule has 0 aromatic carbocycles. The summed E-state index contributed by atoms with van der Waals surface area (Å²) in [6.07, 6.45) is 7.30. The van der Waals surface area contributed by atoms with Crippen LogP contribution in [0.5, 0.6) is 0 Å². The second-order valence-electron chi connectivity index (χ2n) is 3.70. The lowest BCUT2D eigenvalue weighted by Gasteiger charge is -2.31. The highest BCUT2D eigenvalue weighted by Crippen LogP contribution is 2.34. The van der Waals surface area contributed by atoms with E-state index in [0.717, 1.165) is 5.92 Å². The van der Waals surface area contributed by atoms with Gasteiger partial charge in [0.1, 0.15) is 0 Å². The van der Waals surface area contributed by atoms with Gasteiger partial charge in [0.05, 0.1) is 0 Å². The first kappa shape index (κ1) is 6.85. The molecule has 1 unspecified atom stereocenters. The van der Waals surface area contributed by atoms with E-state index in [1.54, 1.807) is 0 Å². The third-order valence-corrected chi connectivity index (χ3v) is 2.58. The summed E-state index contributed by atoms with van der Waals surface area (Å²) in [4.78, 5) is 0. The smallest absolute Gasteiger partial charge is 0.0149 e. The first-order chi connectivity index (χ1) is 4.13. The van der Waals surface area contributed by atoms with Gasteiger partial charge < -0.3 is 0 Å². The molecular weight excluding hydrogens is 108 g/mol. The van der Waals surface area contributed by atoms with Crippen molar-refractivity contribution in [3.8, 4) is 0 Å². The molecule has 0 aromatic heterocycles. The molecule has 0 heterocycles. The van der Waals surface area contributed by atoms with Crippen molar-refractivity contribution in [2.24, 2.45) is 11.3 Å². The highest BCUT2D eigenvalue weighted by Gasteiger charge is 2.24. The van der Waals surface area contributed by atoms with Gasteiger partial charge in [0.15, 0.2) is 0 Å². The average molecular weight is 124 g/mol. The molecule has 0 saturated carbocycles. The molecule has 1 atom stereocenters. The van der Waals surface area contributed by atoms with Crippen molar-refractivity contribution < 1.29 is 0 Å². The Morgan fingerprint density at radius 3 is 2.44 bits per heavy atom. The first-order valence-corrected chi connectivity index (χ1v) is 3.80. The van der Waals surface area contributed by atoms with Gasteiger partial charge in [-0.3, -0.25) is 0 Å². The normalized spacial score (nSPS) is 32.6. The SMILES string of the molecule is CC1CCC=CC1(C)C. The fourth-order valence-electron chi connectivity index (χ4n) is 1.27. The van der Waals surface area contributed by atoms with Gasteiger partial charge in [0, 0.05) is 0 Å². The van der Waals surface area contributed by atoms with Crippen molar-refractivity contribution in [1.82, 2.24) is 0 Å². The highest BCUT2D eigenvalue weighted by atomic mass is 14.3. The lowest BCUT2D eigenvalue weighted by atomic mass is 9.74. The van der Waals surface area contributed by atoms with Crippen molar-refractivity contribution in [3.63, 3.8) is 0 Å². The maximum atomic E-state index is 2.35. The van der Waals surface area contributed by atoms with Gasteiger partial charge in [-0.05, 0) is 24.2 Å². The first-order valence-electron chi connectivity index (χ1n) is 3.80. The van der Waals surface area contributed by atoms with Gasteiger partial charge in [-0.25, -0.2) is 0 Å². The minimum atomic E-state index is 0.457. The topological polar surface area (TPSA) is 0 Å². The number of rotatable bonds is 0. The summed E-state index contributed by atoms with van der Waals surface area (Å²) < 4.78 is 0. The Kier molecular flexibility index (Phi) is 1.65. The van der Waals surface area contributed by atoms with Gasteiger partial charge in [-0.1, -0.05) is 32.9 Å². The van der Waals surface area contributed by atoms with Crippen LogP contribution < -0.4 is 0 Å². The van der Waals surface area contributed by atoms with E-state index in [2.05, 4.69) is 32.9 Å². The third-order valence-electron chi connectivity index (χ3n) is 2.58.